The summed E-state index contributed by atoms with van der Waals surface area (Å²) in [5, 5.41) is 21.4. The van der Waals surface area contributed by atoms with E-state index >= 15 is 0 Å². The maximum absolute atomic E-state index is 12.2. The molecule has 0 saturated carbocycles. The molecule has 19 heavy (non-hydrogen) atoms. The van der Waals surface area contributed by atoms with Crippen LogP contribution in [0.15, 0.2) is 17.5 Å². The van der Waals surface area contributed by atoms with Crippen molar-refractivity contribution in [3.8, 4) is 6.07 Å². The van der Waals surface area contributed by atoms with E-state index in [1.807, 2.05) is 31.4 Å². The molecule has 1 aromatic rings. The Bertz CT molecular complexity index is 549. The van der Waals surface area contributed by atoms with Crippen molar-refractivity contribution >= 4 is 29.0 Å². The molecule has 3 rings (SSSR count). The van der Waals surface area contributed by atoms with Crippen LogP contribution in [0.4, 0.5) is 0 Å². The van der Waals surface area contributed by atoms with Gasteiger partial charge >= 0.3 is 0 Å². The Hall–Kier alpha value is -1.03. The number of nitriles is 1. The third-order valence-corrected chi connectivity index (χ3v) is 6.31. The van der Waals surface area contributed by atoms with Gasteiger partial charge in [0.05, 0.1) is 17.4 Å². The van der Waals surface area contributed by atoms with Gasteiger partial charge in [-0.05, 0) is 25.3 Å². The normalized spacial score (nSPS) is 33.5. The standard InChI is InChI=1S/C13H14N2O2S2/c1-13(2)8(6-14)15-11(17)9(12(15)19-13)10(16)7-4-3-5-18-7/h3-5,8-10,12,16H,1-2H3. The van der Waals surface area contributed by atoms with Gasteiger partial charge in [-0.3, -0.25) is 4.79 Å². The lowest BCUT2D eigenvalue weighted by molar-refractivity contribution is -0.158. The molecule has 6 heteroatoms. The monoisotopic (exact) mass is 294 g/mol. The molecule has 3 heterocycles. The van der Waals surface area contributed by atoms with Crippen molar-refractivity contribution in [3.63, 3.8) is 0 Å². The van der Waals surface area contributed by atoms with E-state index in [9.17, 15) is 15.2 Å². The molecule has 1 amide bonds. The molecule has 0 bridgehead atoms. The number of nitrogens with zero attached hydrogens (tertiary/aromatic N) is 2. The molecule has 1 N–H and O–H groups in total. The minimum absolute atomic E-state index is 0.0794. The van der Waals surface area contributed by atoms with Crippen molar-refractivity contribution in [1.82, 2.24) is 4.90 Å². The Kier molecular flexibility index (Phi) is 2.89. The van der Waals surface area contributed by atoms with Gasteiger partial charge in [0.2, 0.25) is 5.91 Å². The molecular weight excluding hydrogens is 280 g/mol. The highest BCUT2D eigenvalue weighted by Crippen LogP contribution is 2.55. The summed E-state index contributed by atoms with van der Waals surface area (Å²) in [4.78, 5) is 14.7. The van der Waals surface area contributed by atoms with E-state index in [0.29, 0.717) is 0 Å². The van der Waals surface area contributed by atoms with Gasteiger partial charge < -0.3 is 10.0 Å². The summed E-state index contributed by atoms with van der Waals surface area (Å²) >= 11 is 3.07. The number of carbonyl (C=O) groups excluding carboxylic acids is 1. The number of fused-ring (bicyclic) bond motifs is 1. The first-order chi connectivity index (χ1) is 8.97. The van der Waals surface area contributed by atoms with E-state index in [4.69, 9.17) is 0 Å². The lowest BCUT2D eigenvalue weighted by Gasteiger charge is -2.44. The summed E-state index contributed by atoms with van der Waals surface area (Å²) in [6.07, 6.45) is -0.755. The van der Waals surface area contributed by atoms with Crippen LogP contribution in [0.25, 0.3) is 0 Å². The summed E-state index contributed by atoms with van der Waals surface area (Å²) < 4.78 is -0.279. The summed E-state index contributed by atoms with van der Waals surface area (Å²) in [7, 11) is 0. The van der Waals surface area contributed by atoms with Crippen molar-refractivity contribution in [2.45, 2.75) is 36.1 Å². The van der Waals surface area contributed by atoms with Crippen molar-refractivity contribution < 1.29 is 9.90 Å². The van der Waals surface area contributed by atoms with Crippen molar-refractivity contribution in [3.05, 3.63) is 22.4 Å². The molecule has 0 spiro atoms. The lowest BCUT2D eigenvalue weighted by Crippen LogP contribution is -2.61. The fraction of sp³-hybridized carbons (Fsp3) is 0.538. The van der Waals surface area contributed by atoms with E-state index < -0.39 is 18.1 Å². The maximum atomic E-state index is 12.2. The first-order valence-electron chi connectivity index (χ1n) is 6.08. The van der Waals surface area contributed by atoms with Crippen LogP contribution >= 0.6 is 23.1 Å². The SMILES string of the molecule is CC1(C)SC2C(C(O)c3cccs3)C(=O)N2C1C#N. The lowest BCUT2D eigenvalue weighted by atomic mass is 9.88. The number of hydrogen-bond acceptors (Lipinski definition) is 5. The average Bonchev–Trinajstić information content (AvgIpc) is 2.94. The number of carbonyl (C=O) groups is 1. The first kappa shape index (κ1) is 13.0. The summed E-state index contributed by atoms with van der Waals surface area (Å²) in [6, 6.07) is 5.53. The molecular formula is C13H14N2O2S2. The van der Waals surface area contributed by atoms with Gasteiger partial charge in [-0.2, -0.15) is 5.26 Å². The van der Waals surface area contributed by atoms with E-state index in [-0.39, 0.29) is 16.0 Å². The zero-order valence-corrected chi connectivity index (χ0v) is 12.2. The van der Waals surface area contributed by atoms with Crippen LogP contribution in [0, 0.1) is 17.2 Å². The minimum Gasteiger partial charge on any atom is -0.387 e. The topological polar surface area (TPSA) is 64.3 Å². The Labute approximate surface area is 120 Å². The van der Waals surface area contributed by atoms with E-state index in [1.165, 1.54) is 11.3 Å². The molecule has 0 aliphatic carbocycles. The first-order valence-corrected chi connectivity index (χ1v) is 7.84. The quantitative estimate of drug-likeness (QED) is 0.847. The minimum atomic E-state index is -0.755. The van der Waals surface area contributed by atoms with Crippen LogP contribution in [0.5, 0.6) is 0 Å². The second-order valence-corrected chi connectivity index (χ2v) is 8.13. The number of hydrogen-bond donors (Lipinski definition) is 1. The molecule has 100 valence electrons. The van der Waals surface area contributed by atoms with Gasteiger partial charge in [-0.15, -0.1) is 23.1 Å². The van der Waals surface area contributed by atoms with Gasteiger partial charge in [0.1, 0.15) is 12.1 Å². The highest BCUT2D eigenvalue weighted by molar-refractivity contribution is 8.01. The van der Waals surface area contributed by atoms with Crippen molar-refractivity contribution in [2.24, 2.45) is 5.92 Å². The number of aliphatic hydroxyl groups is 1. The molecule has 2 aliphatic rings. The third kappa shape index (κ3) is 1.72. The molecule has 4 nitrogen and oxygen atoms in total. The summed E-state index contributed by atoms with van der Waals surface area (Å²) in [5.41, 5.74) is 0. The number of rotatable bonds is 2. The molecule has 2 aliphatic heterocycles. The van der Waals surface area contributed by atoms with Gasteiger partial charge in [0.25, 0.3) is 0 Å². The molecule has 1 aromatic heterocycles. The second kappa shape index (κ2) is 4.23. The van der Waals surface area contributed by atoms with Crippen LogP contribution in [0.1, 0.15) is 24.8 Å². The van der Waals surface area contributed by atoms with Crippen LogP contribution < -0.4 is 0 Å². The highest BCUT2D eigenvalue weighted by Gasteiger charge is 2.63. The predicted octanol–water partition coefficient (Wildman–Crippen LogP) is 1.98. The zero-order chi connectivity index (χ0) is 13.8. The molecule has 0 aromatic carbocycles. The van der Waals surface area contributed by atoms with Crippen LogP contribution in [-0.4, -0.2) is 32.1 Å². The number of thiophene rings is 1. The number of thioether (sulfide) groups is 1. The van der Waals surface area contributed by atoms with Crippen LogP contribution in [0.2, 0.25) is 0 Å². The smallest absolute Gasteiger partial charge is 0.233 e. The highest BCUT2D eigenvalue weighted by atomic mass is 32.2. The summed E-state index contributed by atoms with van der Waals surface area (Å²) in [6.45, 7) is 3.96. The van der Waals surface area contributed by atoms with Crippen LogP contribution in [-0.2, 0) is 4.79 Å². The molecule has 2 fully saturated rings. The Morgan fingerprint density at radius 2 is 2.32 bits per heavy atom. The van der Waals surface area contributed by atoms with Crippen LogP contribution in [0.3, 0.4) is 0 Å². The Balaban J connectivity index is 1.86. The Morgan fingerprint density at radius 3 is 2.89 bits per heavy atom. The summed E-state index contributed by atoms with van der Waals surface area (Å²) in [5.74, 6) is -0.517. The Morgan fingerprint density at radius 1 is 1.58 bits per heavy atom. The van der Waals surface area contributed by atoms with Gasteiger partial charge in [0, 0.05) is 9.62 Å². The number of β-lactam (4-membered cyclic amide) rings is 1. The maximum Gasteiger partial charge on any atom is 0.233 e. The molecule has 4 unspecified atom stereocenters. The molecule has 4 atom stereocenters. The molecule has 2 saturated heterocycles. The van der Waals surface area contributed by atoms with Gasteiger partial charge in [0.15, 0.2) is 0 Å². The number of amides is 1. The van der Waals surface area contributed by atoms with E-state index in [0.717, 1.165) is 4.88 Å². The van der Waals surface area contributed by atoms with Gasteiger partial charge in [-0.1, -0.05) is 6.07 Å². The molecule has 0 radical (unpaired) electrons. The zero-order valence-electron chi connectivity index (χ0n) is 10.6. The average molecular weight is 294 g/mol. The predicted molar refractivity (Wildman–Crippen MR) is 74.5 cm³/mol. The largest absolute Gasteiger partial charge is 0.387 e. The van der Waals surface area contributed by atoms with Crippen molar-refractivity contribution in [2.75, 3.05) is 0 Å². The second-order valence-electron chi connectivity index (χ2n) is 5.38. The van der Waals surface area contributed by atoms with E-state index in [1.54, 1.807) is 16.7 Å². The third-order valence-electron chi connectivity index (χ3n) is 3.78. The van der Waals surface area contributed by atoms with E-state index in [2.05, 4.69) is 6.07 Å². The van der Waals surface area contributed by atoms with Gasteiger partial charge in [-0.25, -0.2) is 0 Å². The number of aliphatic hydroxyl groups excluding tert-OH is 1. The van der Waals surface area contributed by atoms with Crippen molar-refractivity contribution in [1.29, 1.82) is 5.26 Å². The fourth-order valence-electron chi connectivity index (χ4n) is 2.77. The fourth-order valence-corrected chi connectivity index (χ4v) is 5.20.